The Kier molecular flexibility index (Phi) is 3.12. The van der Waals surface area contributed by atoms with Crippen molar-refractivity contribution < 1.29 is 4.79 Å². The summed E-state index contributed by atoms with van der Waals surface area (Å²) in [6, 6.07) is 7.47. The van der Waals surface area contributed by atoms with Crippen molar-refractivity contribution in [1.82, 2.24) is 24.9 Å². The maximum Gasteiger partial charge on any atom is 0.256 e. The third-order valence-electron chi connectivity index (χ3n) is 2.91. The summed E-state index contributed by atoms with van der Waals surface area (Å²) < 4.78 is 1.63. The molecule has 0 saturated heterocycles. The molecule has 0 bridgehead atoms. The molecular formula is C14H13N5O. The lowest BCUT2D eigenvalue weighted by atomic mass is 10.2. The van der Waals surface area contributed by atoms with E-state index in [-0.39, 0.29) is 5.91 Å². The smallest absolute Gasteiger partial charge is 0.256 e. The van der Waals surface area contributed by atoms with Crippen molar-refractivity contribution in [1.29, 1.82) is 0 Å². The van der Waals surface area contributed by atoms with E-state index in [9.17, 15) is 4.79 Å². The number of hydrogen-bond acceptors (Lipinski definition) is 4. The zero-order chi connectivity index (χ0) is 13.9. The average Bonchev–Trinajstić information content (AvgIpc) is 2.92. The first-order chi connectivity index (χ1) is 9.81. The molecule has 3 rings (SSSR count). The molecule has 1 N–H and O–H groups in total. The fraction of sp³-hybridized carbons (Fsp3) is 0.143. The molecule has 3 aromatic heterocycles. The number of carbonyl (C=O) groups excluding carboxylic acids is 1. The molecule has 0 aliphatic rings. The summed E-state index contributed by atoms with van der Waals surface area (Å²) in [5.74, 6) is -0.173. The van der Waals surface area contributed by atoms with E-state index in [1.807, 2.05) is 31.2 Å². The van der Waals surface area contributed by atoms with Gasteiger partial charge in [0, 0.05) is 18.9 Å². The van der Waals surface area contributed by atoms with Crippen LogP contribution in [0.2, 0.25) is 0 Å². The molecule has 0 radical (unpaired) electrons. The van der Waals surface area contributed by atoms with Crippen LogP contribution in [0.4, 0.5) is 0 Å². The number of nitrogens with one attached hydrogen (secondary N) is 1. The van der Waals surface area contributed by atoms with E-state index in [4.69, 9.17) is 0 Å². The summed E-state index contributed by atoms with van der Waals surface area (Å²) >= 11 is 0. The minimum atomic E-state index is -0.173. The van der Waals surface area contributed by atoms with Gasteiger partial charge in [0.05, 0.1) is 17.6 Å². The van der Waals surface area contributed by atoms with E-state index >= 15 is 0 Å². The minimum Gasteiger partial charge on any atom is -0.352 e. The molecule has 0 aliphatic heterocycles. The highest BCUT2D eigenvalue weighted by atomic mass is 16.1. The molecule has 0 aliphatic carbocycles. The van der Waals surface area contributed by atoms with Crippen LogP contribution in [0.3, 0.4) is 0 Å². The van der Waals surface area contributed by atoms with Gasteiger partial charge in [0.2, 0.25) is 0 Å². The Balaban J connectivity index is 2.15. The lowest BCUT2D eigenvalue weighted by molar-refractivity contribution is 0.0957. The first kappa shape index (κ1) is 12.3. The molecule has 100 valence electrons. The van der Waals surface area contributed by atoms with Gasteiger partial charge in [-0.2, -0.15) is 5.10 Å². The molecule has 0 aromatic carbocycles. The number of rotatable bonds is 3. The molecular weight excluding hydrogens is 254 g/mol. The van der Waals surface area contributed by atoms with Crippen LogP contribution in [-0.2, 0) is 0 Å². The first-order valence-corrected chi connectivity index (χ1v) is 6.33. The van der Waals surface area contributed by atoms with Crippen molar-refractivity contribution in [3.05, 3.63) is 48.4 Å². The van der Waals surface area contributed by atoms with Crippen LogP contribution in [0, 0.1) is 0 Å². The second kappa shape index (κ2) is 5.08. The van der Waals surface area contributed by atoms with E-state index in [2.05, 4.69) is 20.4 Å². The lowest BCUT2D eigenvalue weighted by Gasteiger charge is -2.04. The van der Waals surface area contributed by atoms with Crippen molar-refractivity contribution in [2.75, 3.05) is 6.54 Å². The highest BCUT2D eigenvalue weighted by molar-refractivity contribution is 5.99. The van der Waals surface area contributed by atoms with Crippen molar-refractivity contribution in [3.8, 4) is 11.4 Å². The number of fused-ring (bicyclic) bond motifs is 1. The molecule has 3 aromatic rings. The number of aromatic nitrogens is 4. The largest absolute Gasteiger partial charge is 0.352 e. The van der Waals surface area contributed by atoms with Gasteiger partial charge in [0.25, 0.3) is 5.91 Å². The standard InChI is InChI=1S/C14H13N5O/c1-2-15-14(20)10-9-18-19-12(6-8-17-13(10)19)11-5-3-4-7-16-11/h3-9H,2H2,1H3,(H,15,20). The molecule has 0 spiro atoms. The predicted octanol–water partition coefficient (Wildman–Crippen LogP) is 1.54. The topological polar surface area (TPSA) is 72.2 Å². The molecule has 0 saturated carbocycles. The van der Waals surface area contributed by atoms with Crippen LogP contribution in [0.5, 0.6) is 0 Å². The second-order valence-electron chi connectivity index (χ2n) is 4.20. The number of nitrogens with zero attached hydrogens (tertiary/aromatic N) is 4. The third kappa shape index (κ3) is 2.01. The Morgan fingerprint density at radius 2 is 2.15 bits per heavy atom. The number of carbonyl (C=O) groups is 1. The van der Waals surface area contributed by atoms with Crippen molar-refractivity contribution in [2.24, 2.45) is 0 Å². The van der Waals surface area contributed by atoms with E-state index in [1.54, 1.807) is 16.9 Å². The summed E-state index contributed by atoms with van der Waals surface area (Å²) in [5, 5.41) is 7.00. The van der Waals surface area contributed by atoms with Crippen LogP contribution < -0.4 is 5.32 Å². The molecule has 20 heavy (non-hydrogen) atoms. The van der Waals surface area contributed by atoms with Gasteiger partial charge in [-0.05, 0) is 25.1 Å². The normalized spacial score (nSPS) is 10.7. The number of amides is 1. The maximum atomic E-state index is 11.9. The van der Waals surface area contributed by atoms with Crippen LogP contribution in [0.15, 0.2) is 42.9 Å². The average molecular weight is 267 g/mol. The summed E-state index contributed by atoms with van der Waals surface area (Å²) in [6.45, 7) is 2.44. The minimum absolute atomic E-state index is 0.173. The third-order valence-corrected chi connectivity index (χ3v) is 2.91. The summed E-state index contributed by atoms with van der Waals surface area (Å²) in [6.07, 6.45) is 4.90. The Hall–Kier alpha value is -2.76. The monoisotopic (exact) mass is 267 g/mol. The predicted molar refractivity (Wildman–Crippen MR) is 74.2 cm³/mol. The van der Waals surface area contributed by atoms with Gasteiger partial charge < -0.3 is 5.32 Å². The Labute approximate surface area is 115 Å². The summed E-state index contributed by atoms with van der Waals surface area (Å²) in [5.41, 5.74) is 2.57. The molecule has 6 heteroatoms. The summed E-state index contributed by atoms with van der Waals surface area (Å²) in [4.78, 5) is 20.5. The second-order valence-corrected chi connectivity index (χ2v) is 4.20. The quantitative estimate of drug-likeness (QED) is 0.781. The molecule has 0 atom stereocenters. The molecule has 0 unspecified atom stereocenters. The highest BCUT2D eigenvalue weighted by Gasteiger charge is 2.15. The summed E-state index contributed by atoms with van der Waals surface area (Å²) in [7, 11) is 0. The van der Waals surface area contributed by atoms with Gasteiger partial charge in [0.15, 0.2) is 5.65 Å². The van der Waals surface area contributed by atoms with Gasteiger partial charge in [0.1, 0.15) is 5.56 Å². The van der Waals surface area contributed by atoms with E-state index in [0.29, 0.717) is 17.8 Å². The SMILES string of the molecule is CCNC(=O)c1cnn2c(-c3ccccn3)ccnc12. The molecule has 0 fully saturated rings. The van der Waals surface area contributed by atoms with E-state index in [1.165, 1.54) is 6.20 Å². The first-order valence-electron chi connectivity index (χ1n) is 6.33. The fourth-order valence-electron chi connectivity index (χ4n) is 2.02. The maximum absolute atomic E-state index is 11.9. The zero-order valence-corrected chi connectivity index (χ0v) is 10.9. The lowest BCUT2D eigenvalue weighted by Crippen LogP contribution is -2.22. The highest BCUT2D eigenvalue weighted by Crippen LogP contribution is 2.18. The number of hydrogen-bond donors (Lipinski definition) is 1. The van der Waals surface area contributed by atoms with Gasteiger partial charge in [-0.1, -0.05) is 6.07 Å². The Bertz CT molecular complexity index is 751. The van der Waals surface area contributed by atoms with Crippen LogP contribution in [-0.4, -0.2) is 32.0 Å². The van der Waals surface area contributed by atoms with Gasteiger partial charge >= 0.3 is 0 Å². The van der Waals surface area contributed by atoms with Crippen molar-refractivity contribution >= 4 is 11.6 Å². The Morgan fingerprint density at radius 1 is 1.25 bits per heavy atom. The number of pyridine rings is 1. The van der Waals surface area contributed by atoms with Crippen LogP contribution in [0.25, 0.3) is 17.0 Å². The Morgan fingerprint density at radius 3 is 2.90 bits per heavy atom. The van der Waals surface area contributed by atoms with Crippen molar-refractivity contribution in [2.45, 2.75) is 6.92 Å². The van der Waals surface area contributed by atoms with E-state index in [0.717, 1.165) is 11.4 Å². The molecule has 6 nitrogen and oxygen atoms in total. The van der Waals surface area contributed by atoms with E-state index < -0.39 is 0 Å². The van der Waals surface area contributed by atoms with Crippen LogP contribution >= 0.6 is 0 Å². The molecule has 3 heterocycles. The fourth-order valence-corrected chi connectivity index (χ4v) is 2.02. The van der Waals surface area contributed by atoms with Gasteiger partial charge in [-0.25, -0.2) is 9.50 Å². The van der Waals surface area contributed by atoms with Gasteiger partial charge in [-0.3, -0.25) is 9.78 Å². The van der Waals surface area contributed by atoms with Crippen LogP contribution in [0.1, 0.15) is 17.3 Å². The molecule has 1 amide bonds. The zero-order valence-electron chi connectivity index (χ0n) is 10.9. The van der Waals surface area contributed by atoms with Gasteiger partial charge in [-0.15, -0.1) is 0 Å². The van der Waals surface area contributed by atoms with Crippen molar-refractivity contribution in [3.63, 3.8) is 0 Å².